The lowest BCUT2D eigenvalue weighted by Crippen LogP contribution is -2.44. The minimum Gasteiger partial charge on any atom is -0.383 e. The zero-order valence-electron chi connectivity index (χ0n) is 13.6. The van der Waals surface area contributed by atoms with E-state index in [-0.39, 0.29) is 5.91 Å². The first-order valence-corrected chi connectivity index (χ1v) is 7.79. The predicted molar refractivity (Wildman–Crippen MR) is 85.8 cm³/mol. The third kappa shape index (κ3) is 4.80. The van der Waals surface area contributed by atoms with Crippen molar-refractivity contribution in [3.8, 4) is 0 Å². The molecular formula is C17H26N2O3. The Morgan fingerprint density at radius 2 is 1.77 bits per heavy atom. The highest BCUT2D eigenvalue weighted by atomic mass is 16.5. The monoisotopic (exact) mass is 306 g/mol. The molecule has 1 aromatic rings. The molecule has 1 heterocycles. The second-order valence-electron chi connectivity index (χ2n) is 5.60. The van der Waals surface area contributed by atoms with Crippen LogP contribution in [0.5, 0.6) is 0 Å². The largest absolute Gasteiger partial charge is 0.383 e. The number of ether oxygens (including phenoxy) is 2. The van der Waals surface area contributed by atoms with Crippen LogP contribution in [0, 0.1) is 0 Å². The van der Waals surface area contributed by atoms with Crippen molar-refractivity contribution in [2.45, 2.75) is 13.0 Å². The molecule has 0 radical (unpaired) electrons. The molecule has 0 fully saturated rings. The molecule has 5 nitrogen and oxygen atoms in total. The van der Waals surface area contributed by atoms with Crippen molar-refractivity contribution in [3.05, 3.63) is 35.4 Å². The molecular weight excluding hydrogens is 280 g/mol. The summed E-state index contributed by atoms with van der Waals surface area (Å²) in [7, 11) is 3.36. The summed E-state index contributed by atoms with van der Waals surface area (Å²) in [6, 6.07) is 8.37. The van der Waals surface area contributed by atoms with Crippen molar-refractivity contribution in [1.29, 1.82) is 0 Å². The first kappa shape index (κ1) is 16.9. The normalized spacial score (nSPS) is 14.2. The number of hydrogen-bond acceptors (Lipinski definition) is 4. The Bertz CT molecular complexity index is 471. The van der Waals surface area contributed by atoms with Gasteiger partial charge in [0.2, 0.25) is 5.91 Å². The van der Waals surface area contributed by atoms with Gasteiger partial charge in [-0.2, -0.15) is 0 Å². The fraction of sp³-hybridized carbons (Fsp3) is 0.588. The second-order valence-corrected chi connectivity index (χ2v) is 5.60. The van der Waals surface area contributed by atoms with Gasteiger partial charge >= 0.3 is 0 Å². The van der Waals surface area contributed by atoms with E-state index >= 15 is 0 Å². The Kier molecular flexibility index (Phi) is 6.83. The van der Waals surface area contributed by atoms with Crippen LogP contribution in [0.3, 0.4) is 0 Å². The molecule has 2 rings (SSSR count). The van der Waals surface area contributed by atoms with Crippen molar-refractivity contribution in [3.63, 3.8) is 0 Å². The van der Waals surface area contributed by atoms with E-state index in [1.165, 1.54) is 11.1 Å². The van der Waals surface area contributed by atoms with Crippen LogP contribution in [0.1, 0.15) is 11.1 Å². The first-order valence-electron chi connectivity index (χ1n) is 7.79. The summed E-state index contributed by atoms with van der Waals surface area (Å²) < 4.78 is 10.2. The van der Waals surface area contributed by atoms with E-state index in [0.29, 0.717) is 19.8 Å². The summed E-state index contributed by atoms with van der Waals surface area (Å²) in [5.41, 5.74) is 2.63. The Balaban J connectivity index is 1.90. The van der Waals surface area contributed by atoms with Crippen molar-refractivity contribution >= 4 is 5.91 Å². The number of hydrogen-bond donors (Lipinski definition) is 0. The number of carbonyl (C=O) groups is 1. The summed E-state index contributed by atoms with van der Waals surface area (Å²) in [4.78, 5) is 16.6. The van der Waals surface area contributed by atoms with Crippen molar-refractivity contribution in [2.24, 2.45) is 0 Å². The van der Waals surface area contributed by atoms with Gasteiger partial charge in [0, 0.05) is 40.4 Å². The molecule has 0 saturated heterocycles. The van der Waals surface area contributed by atoms with E-state index in [1.54, 1.807) is 14.2 Å². The quantitative estimate of drug-likeness (QED) is 0.723. The van der Waals surface area contributed by atoms with Gasteiger partial charge < -0.3 is 14.4 Å². The first-order chi connectivity index (χ1) is 10.7. The molecule has 0 aromatic heterocycles. The molecule has 0 N–H and O–H groups in total. The molecule has 0 bridgehead atoms. The van der Waals surface area contributed by atoms with Crippen LogP contribution in [0.2, 0.25) is 0 Å². The van der Waals surface area contributed by atoms with E-state index in [9.17, 15) is 4.79 Å². The summed E-state index contributed by atoms with van der Waals surface area (Å²) in [5.74, 6) is 0.182. The van der Waals surface area contributed by atoms with Crippen LogP contribution >= 0.6 is 0 Å². The van der Waals surface area contributed by atoms with Crippen molar-refractivity contribution < 1.29 is 14.3 Å². The fourth-order valence-corrected chi connectivity index (χ4v) is 2.71. The maximum absolute atomic E-state index is 12.5. The van der Waals surface area contributed by atoms with Gasteiger partial charge in [0.25, 0.3) is 0 Å². The van der Waals surface area contributed by atoms with Gasteiger partial charge in [0.05, 0.1) is 19.8 Å². The molecule has 1 aliphatic heterocycles. The second kappa shape index (κ2) is 8.88. The van der Waals surface area contributed by atoms with E-state index < -0.39 is 0 Å². The van der Waals surface area contributed by atoms with E-state index in [2.05, 4.69) is 23.1 Å². The van der Waals surface area contributed by atoms with Crippen molar-refractivity contribution in [1.82, 2.24) is 9.80 Å². The molecule has 0 spiro atoms. The number of methoxy groups -OCH3 is 2. The van der Waals surface area contributed by atoms with Crippen molar-refractivity contribution in [2.75, 3.05) is 53.6 Å². The number of rotatable bonds is 8. The van der Waals surface area contributed by atoms with Gasteiger partial charge in [-0.15, -0.1) is 0 Å². The molecule has 122 valence electrons. The number of amides is 1. The number of nitrogens with zero attached hydrogens (tertiary/aromatic N) is 2. The SMILES string of the molecule is COCCN(CCOC)CC(=O)N1CCc2ccccc2C1. The van der Waals surface area contributed by atoms with E-state index in [4.69, 9.17) is 9.47 Å². The highest BCUT2D eigenvalue weighted by molar-refractivity contribution is 5.78. The average Bonchev–Trinajstić information content (AvgIpc) is 2.56. The zero-order chi connectivity index (χ0) is 15.8. The molecule has 0 unspecified atom stereocenters. The minimum atomic E-state index is 0.182. The maximum Gasteiger partial charge on any atom is 0.237 e. The fourth-order valence-electron chi connectivity index (χ4n) is 2.71. The molecule has 22 heavy (non-hydrogen) atoms. The summed E-state index contributed by atoms with van der Waals surface area (Å²) >= 11 is 0. The van der Waals surface area contributed by atoms with Gasteiger partial charge in [0.15, 0.2) is 0 Å². The molecule has 5 heteroatoms. The van der Waals surface area contributed by atoms with Crippen LogP contribution in [0.15, 0.2) is 24.3 Å². The van der Waals surface area contributed by atoms with Crippen LogP contribution in [-0.2, 0) is 27.2 Å². The average molecular weight is 306 g/mol. The Hall–Kier alpha value is -1.43. The lowest BCUT2D eigenvalue weighted by molar-refractivity contribution is -0.133. The van der Waals surface area contributed by atoms with Gasteiger partial charge in [0.1, 0.15) is 0 Å². The highest BCUT2D eigenvalue weighted by Gasteiger charge is 2.21. The zero-order valence-corrected chi connectivity index (χ0v) is 13.6. The number of fused-ring (bicyclic) bond motifs is 1. The molecule has 0 atom stereocenters. The Labute approximate surface area is 132 Å². The van der Waals surface area contributed by atoms with Gasteiger partial charge in [-0.05, 0) is 17.5 Å². The summed E-state index contributed by atoms with van der Waals surface area (Å²) in [5, 5.41) is 0. The standard InChI is InChI=1S/C17H26N2O3/c1-21-11-9-18(10-12-22-2)14-17(20)19-8-7-15-5-3-4-6-16(15)13-19/h3-6H,7-14H2,1-2H3. The third-order valence-corrected chi connectivity index (χ3v) is 4.07. The van der Waals surface area contributed by atoms with Crippen LogP contribution in [-0.4, -0.2) is 69.3 Å². The van der Waals surface area contributed by atoms with Crippen LogP contribution < -0.4 is 0 Å². The van der Waals surface area contributed by atoms with Gasteiger partial charge in [-0.3, -0.25) is 9.69 Å². The molecule has 1 amide bonds. The smallest absolute Gasteiger partial charge is 0.237 e. The predicted octanol–water partition coefficient (Wildman–Crippen LogP) is 1.17. The minimum absolute atomic E-state index is 0.182. The summed E-state index contributed by atoms with van der Waals surface area (Å²) in [6.45, 7) is 4.69. The molecule has 0 saturated carbocycles. The molecule has 0 aliphatic carbocycles. The Morgan fingerprint density at radius 1 is 1.14 bits per heavy atom. The van der Waals surface area contributed by atoms with Crippen LogP contribution in [0.25, 0.3) is 0 Å². The molecule has 1 aromatic carbocycles. The Morgan fingerprint density at radius 3 is 2.41 bits per heavy atom. The van der Waals surface area contributed by atoms with Gasteiger partial charge in [-0.1, -0.05) is 24.3 Å². The third-order valence-electron chi connectivity index (χ3n) is 4.07. The van der Waals surface area contributed by atoms with E-state index in [0.717, 1.165) is 32.6 Å². The van der Waals surface area contributed by atoms with Gasteiger partial charge in [-0.25, -0.2) is 0 Å². The number of carbonyl (C=O) groups excluding carboxylic acids is 1. The summed E-state index contributed by atoms with van der Waals surface area (Å²) in [6.07, 6.45) is 0.943. The van der Waals surface area contributed by atoms with Crippen LogP contribution in [0.4, 0.5) is 0 Å². The topological polar surface area (TPSA) is 42.0 Å². The maximum atomic E-state index is 12.5. The lowest BCUT2D eigenvalue weighted by Gasteiger charge is -2.31. The van der Waals surface area contributed by atoms with E-state index in [1.807, 2.05) is 11.0 Å². The number of benzene rings is 1. The molecule has 1 aliphatic rings. The highest BCUT2D eigenvalue weighted by Crippen LogP contribution is 2.18. The lowest BCUT2D eigenvalue weighted by atomic mass is 10.00.